The molecule has 0 amide bonds. The Labute approximate surface area is 285 Å². The van der Waals surface area contributed by atoms with Crippen LogP contribution >= 0.6 is 15.9 Å². The molecule has 2 aromatic rings. The Morgan fingerprint density at radius 1 is 0.826 bits per heavy atom. The molecule has 1 fully saturated rings. The fraction of sp³-hybridized carbons (Fsp3) is 0.684. The third kappa shape index (κ3) is 10.0. The van der Waals surface area contributed by atoms with Crippen LogP contribution in [0.3, 0.4) is 0 Å². The van der Waals surface area contributed by atoms with Crippen molar-refractivity contribution < 1.29 is 33.5 Å². The predicted octanol–water partition coefficient (Wildman–Crippen LogP) is 8.28. The van der Waals surface area contributed by atoms with Crippen LogP contribution in [0, 0.1) is 0 Å². The fourth-order valence-electron chi connectivity index (χ4n) is 6.13. The lowest BCUT2D eigenvalue weighted by Gasteiger charge is -2.50. The minimum absolute atomic E-state index is 0.301. The van der Waals surface area contributed by atoms with Crippen molar-refractivity contribution in [2.45, 2.75) is 129 Å². The van der Waals surface area contributed by atoms with Gasteiger partial charge in [0, 0.05) is 36.5 Å². The van der Waals surface area contributed by atoms with Gasteiger partial charge < -0.3 is 33.5 Å². The van der Waals surface area contributed by atoms with Crippen LogP contribution in [-0.4, -0.2) is 69.2 Å². The van der Waals surface area contributed by atoms with Gasteiger partial charge in [0.2, 0.25) is 5.79 Å². The number of rotatable bonds is 20. The Morgan fingerprint density at radius 3 is 2.22 bits per heavy atom. The number of aliphatic hydroxyl groups is 1. The largest absolute Gasteiger partial charge is 0.493 e. The van der Waals surface area contributed by atoms with E-state index in [1.807, 2.05) is 18.2 Å². The zero-order chi connectivity index (χ0) is 32.8. The molecule has 1 saturated heterocycles. The first kappa shape index (κ1) is 37.3. The molecule has 2 aliphatic heterocycles. The van der Waals surface area contributed by atoms with Crippen molar-refractivity contribution in [2.24, 2.45) is 0 Å². The van der Waals surface area contributed by atoms with Gasteiger partial charge in [-0.2, -0.15) is 0 Å². The van der Waals surface area contributed by atoms with E-state index in [2.05, 4.69) is 61.8 Å². The molecule has 1 unspecified atom stereocenters. The van der Waals surface area contributed by atoms with Crippen LogP contribution in [0.1, 0.15) is 108 Å². The summed E-state index contributed by atoms with van der Waals surface area (Å²) in [5, 5.41) is 12.8. The SMILES string of the molecule is CCCCOC[C@H]1OC(O)(c2ccc(Br)c(Cc3ccc4c(c3)CCCO4)c2)[C@H](OCCCC)[C@@H](OCCCC)[C@@H]1OCCCC. The summed E-state index contributed by atoms with van der Waals surface area (Å²) in [7, 11) is 0. The average Bonchev–Trinajstić information content (AvgIpc) is 3.06. The summed E-state index contributed by atoms with van der Waals surface area (Å²) in [6.07, 6.45) is 8.17. The fourth-order valence-corrected chi connectivity index (χ4v) is 6.52. The Hall–Kier alpha value is -1.52. The van der Waals surface area contributed by atoms with Crippen LogP contribution in [0.5, 0.6) is 5.75 Å². The van der Waals surface area contributed by atoms with Crippen LogP contribution in [0.15, 0.2) is 40.9 Å². The van der Waals surface area contributed by atoms with Gasteiger partial charge in [0.15, 0.2) is 0 Å². The minimum Gasteiger partial charge on any atom is -0.493 e. The summed E-state index contributed by atoms with van der Waals surface area (Å²) in [5.74, 6) is -0.787. The standard InChI is InChI=1S/C38H57BrO7/c1-5-9-19-41-27-34-35(43-20-10-6-2)36(44-21-11-7-3)37(45-22-12-8-4)38(40,46-34)31-16-17-32(39)30(26-31)25-28-15-18-33-29(24-28)14-13-23-42-33/h15-18,24,26,34-37,40H,5-14,19-23,25,27H2,1-4H3/t34-,35-,36+,37-,38?/m1/s1. The summed E-state index contributed by atoms with van der Waals surface area (Å²) < 4.78 is 39.4. The summed E-state index contributed by atoms with van der Waals surface area (Å²) in [6, 6.07) is 12.4. The van der Waals surface area contributed by atoms with E-state index in [0.29, 0.717) is 45.0 Å². The molecule has 0 radical (unpaired) electrons. The summed E-state index contributed by atoms with van der Waals surface area (Å²) >= 11 is 3.79. The third-order valence-corrected chi connectivity index (χ3v) is 9.64. The van der Waals surface area contributed by atoms with Gasteiger partial charge in [-0.3, -0.25) is 0 Å². The number of benzene rings is 2. The lowest BCUT2D eigenvalue weighted by atomic mass is 9.86. The molecule has 2 heterocycles. The normalized spacial score (nSPS) is 24.5. The molecule has 4 rings (SSSR count). The van der Waals surface area contributed by atoms with E-state index in [-0.39, 0.29) is 0 Å². The molecule has 0 saturated carbocycles. The molecule has 0 bridgehead atoms. The molecule has 46 heavy (non-hydrogen) atoms. The third-order valence-electron chi connectivity index (χ3n) is 8.87. The highest BCUT2D eigenvalue weighted by atomic mass is 79.9. The first-order valence-corrected chi connectivity index (χ1v) is 18.6. The Bertz CT molecular complexity index is 1180. The topological polar surface area (TPSA) is 75.6 Å². The van der Waals surface area contributed by atoms with Crippen molar-refractivity contribution in [2.75, 3.05) is 39.6 Å². The number of hydrogen-bond acceptors (Lipinski definition) is 7. The Morgan fingerprint density at radius 2 is 1.50 bits per heavy atom. The smallest absolute Gasteiger partial charge is 0.222 e. The van der Waals surface area contributed by atoms with Gasteiger partial charge in [0.1, 0.15) is 30.2 Å². The number of ether oxygens (including phenoxy) is 6. The van der Waals surface area contributed by atoms with E-state index in [4.69, 9.17) is 28.4 Å². The van der Waals surface area contributed by atoms with Gasteiger partial charge in [-0.15, -0.1) is 0 Å². The molecule has 2 aromatic carbocycles. The van der Waals surface area contributed by atoms with Gasteiger partial charge in [0.05, 0.1) is 13.2 Å². The molecule has 0 aliphatic carbocycles. The average molecular weight is 706 g/mol. The highest BCUT2D eigenvalue weighted by molar-refractivity contribution is 9.10. The van der Waals surface area contributed by atoms with Crippen molar-refractivity contribution in [1.82, 2.24) is 0 Å². The van der Waals surface area contributed by atoms with Crippen LogP contribution in [0.2, 0.25) is 0 Å². The van der Waals surface area contributed by atoms with Crippen molar-refractivity contribution in [3.8, 4) is 5.75 Å². The second-order valence-corrected chi connectivity index (χ2v) is 13.5. The summed E-state index contributed by atoms with van der Waals surface area (Å²) in [4.78, 5) is 0. The monoisotopic (exact) mass is 704 g/mol. The second-order valence-electron chi connectivity index (χ2n) is 12.7. The maximum absolute atomic E-state index is 12.8. The molecule has 8 heteroatoms. The number of aryl methyl sites for hydroxylation is 1. The van der Waals surface area contributed by atoms with Crippen molar-refractivity contribution in [3.63, 3.8) is 0 Å². The van der Waals surface area contributed by atoms with E-state index in [9.17, 15) is 5.11 Å². The number of unbranched alkanes of at least 4 members (excludes halogenated alkanes) is 4. The van der Waals surface area contributed by atoms with Gasteiger partial charge in [0.25, 0.3) is 0 Å². The van der Waals surface area contributed by atoms with E-state index in [1.54, 1.807) is 0 Å². The maximum atomic E-state index is 12.8. The van der Waals surface area contributed by atoms with E-state index in [0.717, 1.165) is 86.6 Å². The Kier molecular flexibility index (Phi) is 15.8. The molecular weight excluding hydrogens is 648 g/mol. The molecule has 5 atom stereocenters. The summed E-state index contributed by atoms with van der Waals surface area (Å²) in [6.45, 7) is 11.9. The van der Waals surface area contributed by atoms with Gasteiger partial charge >= 0.3 is 0 Å². The summed E-state index contributed by atoms with van der Waals surface area (Å²) in [5.41, 5.74) is 4.14. The van der Waals surface area contributed by atoms with Crippen molar-refractivity contribution in [3.05, 3.63) is 63.1 Å². The van der Waals surface area contributed by atoms with Crippen molar-refractivity contribution >= 4 is 15.9 Å². The molecule has 0 spiro atoms. The van der Waals surface area contributed by atoms with Crippen molar-refractivity contribution in [1.29, 1.82) is 0 Å². The molecule has 1 N–H and O–H groups in total. The lowest BCUT2D eigenvalue weighted by molar-refractivity contribution is -0.375. The van der Waals surface area contributed by atoms with E-state index in [1.165, 1.54) is 11.1 Å². The van der Waals surface area contributed by atoms with Gasteiger partial charge in [-0.1, -0.05) is 87.5 Å². The zero-order valence-corrected chi connectivity index (χ0v) is 30.2. The predicted molar refractivity (Wildman–Crippen MR) is 186 cm³/mol. The maximum Gasteiger partial charge on any atom is 0.222 e. The first-order chi connectivity index (χ1) is 22.4. The molecule has 2 aliphatic rings. The highest BCUT2D eigenvalue weighted by Gasteiger charge is 2.57. The Balaban J connectivity index is 1.71. The second kappa shape index (κ2) is 19.5. The van der Waals surface area contributed by atoms with Gasteiger partial charge in [-0.25, -0.2) is 0 Å². The zero-order valence-electron chi connectivity index (χ0n) is 28.6. The van der Waals surface area contributed by atoms with Crippen LogP contribution in [0.25, 0.3) is 0 Å². The van der Waals surface area contributed by atoms with Crippen LogP contribution < -0.4 is 4.74 Å². The number of halogens is 1. The first-order valence-electron chi connectivity index (χ1n) is 17.8. The molecule has 0 aromatic heterocycles. The number of hydrogen-bond donors (Lipinski definition) is 1. The molecule has 258 valence electrons. The quantitative estimate of drug-likeness (QED) is 0.139. The molecule has 7 nitrogen and oxygen atoms in total. The van der Waals surface area contributed by atoms with Gasteiger partial charge in [-0.05, 0) is 79.8 Å². The minimum atomic E-state index is -1.77. The van der Waals surface area contributed by atoms with E-state index >= 15 is 0 Å². The molecular formula is C38H57BrO7. The number of fused-ring (bicyclic) bond motifs is 1. The van der Waals surface area contributed by atoms with E-state index < -0.39 is 30.2 Å². The van der Waals surface area contributed by atoms with Crippen LogP contribution in [0.4, 0.5) is 0 Å². The lowest BCUT2D eigenvalue weighted by Crippen LogP contribution is -2.66. The van der Waals surface area contributed by atoms with Crippen LogP contribution in [-0.2, 0) is 42.3 Å². The highest BCUT2D eigenvalue weighted by Crippen LogP contribution is 2.42.